The van der Waals surface area contributed by atoms with Gasteiger partial charge in [-0.15, -0.1) is 0 Å². The predicted octanol–water partition coefficient (Wildman–Crippen LogP) is 1.10. The fourth-order valence-corrected chi connectivity index (χ4v) is 2.52. The first-order valence-corrected chi connectivity index (χ1v) is 5.81. The zero-order chi connectivity index (χ0) is 11.1. The Kier molecular flexibility index (Phi) is 2.17. The molecule has 3 rings (SSSR count). The zero-order valence-electron chi connectivity index (χ0n) is 8.74. The molecule has 0 aliphatic carbocycles. The van der Waals surface area contributed by atoms with E-state index in [9.17, 15) is 0 Å². The molecular weight excluding hydrogens is 270 g/mol. The van der Waals surface area contributed by atoms with Gasteiger partial charge in [-0.2, -0.15) is 4.98 Å². The quantitative estimate of drug-likeness (QED) is 0.786. The minimum Gasteiger partial charge on any atom is -0.369 e. The first kappa shape index (κ1) is 9.77. The number of nitrogens with zero attached hydrogens (tertiary/aromatic N) is 4. The summed E-state index contributed by atoms with van der Waals surface area (Å²) in [5.74, 6) is 2.01. The van der Waals surface area contributed by atoms with Crippen molar-refractivity contribution < 1.29 is 0 Å². The third-order valence-corrected chi connectivity index (χ3v) is 3.25. The maximum Gasteiger partial charge on any atom is 0.246 e. The predicted molar refractivity (Wildman–Crippen MR) is 64.3 cm³/mol. The molecule has 16 heavy (non-hydrogen) atoms. The van der Waals surface area contributed by atoms with Gasteiger partial charge in [0.2, 0.25) is 5.62 Å². The average Bonchev–Trinajstić information content (AvgIpc) is 2.78. The lowest BCUT2D eigenvalue weighted by Crippen LogP contribution is -2.17. The molecule has 0 aromatic carbocycles. The Labute approximate surface area is 101 Å². The van der Waals surface area contributed by atoms with E-state index in [-0.39, 0.29) is 0 Å². The fourth-order valence-electron chi connectivity index (χ4n) is 1.92. The van der Waals surface area contributed by atoms with Crippen LogP contribution in [0.5, 0.6) is 0 Å². The summed E-state index contributed by atoms with van der Waals surface area (Å²) in [4.78, 5) is 12.6. The maximum atomic E-state index is 4.43. The summed E-state index contributed by atoms with van der Waals surface area (Å²) in [6, 6.07) is 2.03. The van der Waals surface area contributed by atoms with Gasteiger partial charge in [0.1, 0.15) is 11.6 Å². The van der Waals surface area contributed by atoms with Crippen LogP contribution in [0, 0.1) is 0 Å². The molecule has 0 bridgehead atoms. The number of hydrogen-bond acceptors (Lipinski definition) is 4. The zero-order valence-corrected chi connectivity index (χ0v) is 10.3. The molecule has 1 N–H and O–H groups in total. The fraction of sp³-hybridized carbons (Fsp3) is 0.300. The molecule has 0 radical (unpaired) electrons. The van der Waals surface area contributed by atoms with Gasteiger partial charge in [0.15, 0.2) is 0 Å². The van der Waals surface area contributed by atoms with Gasteiger partial charge < -0.3 is 9.88 Å². The minimum absolute atomic E-state index is 0.524. The number of nitrogens with one attached hydrogen (secondary N) is 1. The van der Waals surface area contributed by atoms with Crippen LogP contribution in [0.25, 0.3) is 11.4 Å². The second-order valence-electron chi connectivity index (χ2n) is 3.59. The van der Waals surface area contributed by atoms with E-state index in [2.05, 4.69) is 40.8 Å². The van der Waals surface area contributed by atoms with Gasteiger partial charge in [0, 0.05) is 31.9 Å². The Morgan fingerprint density at radius 2 is 2.44 bits per heavy atom. The van der Waals surface area contributed by atoms with Crippen molar-refractivity contribution in [3.63, 3.8) is 0 Å². The number of rotatable bonds is 0. The van der Waals surface area contributed by atoms with Crippen molar-refractivity contribution in [1.82, 2.24) is 14.5 Å². The van der Waals surface area contributed by atoms with Crippen LogP contribution in [0.1, 0.15) is 0 Å². The standard InChI is InChI=1S/C10H10BrN5/c1-12-10-14-5-6-4-7(11)9-13-2-3-16(9)8(6)15-10/h4-5,13H,2-3H2,1H3. The highest BCUT2D eigenvalue weighted by molar-refractivity contribution is 9.10. The van der Waals surface area contributed by atoms with Crippen molar-refractivity contribution in [2.45, 2.75) is 6.54 Å². The summed E-state index contributed by atoms with van der Waals surface area (Å²) in [6.07, 6.45) is 1.81. The van der Waals surface area contributed by atoms with Crippen molar-refractivity contribution in [2.75, 3.05) is 18.9 Å². The van der Waals surface area contributed by atoms with Gasteiger partial charge >= 0.3 is 0 Å². The first-order chi connectivity index (χ1) is 7.79. The summed E-state index contributed by atoms with van der Waals surface area (Å²) < 4.78 is 3.19. The van der Waals surface area contributed by atoms with Crippen LogP contribution in [0.15, 0.2) is 21.7 Å². The number of pyridine rings is 1. The van der Waals surface area contributed by atoms with E-state index in [0.717, 1.165) is 34.8 Å². The Morgan fingerprint density at radius 1 is 1.56 bits per heavy atom. The Morgan fingerprint density at radius 3 is 3.25 bits per heavy atom. The molecule has 6 heteroatoms. The summed E-state index contributed by atoms with van der Waals surface area (Å²) in [7, 11) is 1.70. The molecule has 0 aromatic heterocycles. The summed E-state index contributed by atoms with van der Waals surface area (Å²) >= 11 is 3.54. The van der Waals surface area contributed by atoms with Crippen LogP contribution in [0.3, 0.4) is 0 Å². The number of hydrogen-bond donors (Lipinski definition) is 1. The Bertz CT molecular complexity index is 589. The van der Waals surface area contributed by atoms with Gasteiger partial charge in [-0.25, -0.2) is 4.98 Å². The van der Waals surface area contributed by atoms with Crippen molar-refractivity contribution >= 4 is 21.7 Å². The molecule has 3 aliphatic heterocycles. The topological polar surface area (TPSA) is 55.1 Å². The second kappa shape index (κ2) is 3.55. The van der Waals surface area contributed by atoms with Gasteiger partial charge in [-0.05, 0) is 22.0 Å². The van der Waals surface area contributed by atoms with Crippen molar-refractivity contribution in [3.8, 4) is 11.4 Å². The molecule has 0 saturated carbocycles. The van der Waals surface area contributed by atoms with E-state index in [1.54, 1.807) is 13.2 Å². The van der Waals surface area contributed by atoms with Crippen LogP contribution in [0.2, 0.25) is 0 Å². The van der Waals surface area contributed by atoms with Crippen LogP contribution in [-0.2, 0) is 6.54 Å². The minimum atomic E-state index is 0.524. The third kappa shape index (κ3) is 1.33. The van der Waals surface area contributed by atoms with Crippen LogP contribution in [-0.4, -0.2) is 28.1 Å². The van der Waals surface area contributed by atoms with E-state index in [1.807, 2.05) is 6.07 Å². The summed E-state index contributed by atoms with van der Waals surface area (Å²) in [5.41, 5.74) is 1.54. The Hall–Kier alpha value is -1.43. The molecular formula is C10H10BrN5. The number of halogens is 1. The SMILES string of the molecule is CN=c1ncc2cc(Br)c3n(c-2n1)CCN3. The summed E-state index contributed by atoms with van der Waals surface area (Å²) in [5, 5.41) is 3.32. The molecule has 0 saturated heterocycles. The highest BCUT2D eigenvalue weighted by Gasteiger charge is 2.19. The van der Waals surface area contributed by atoms with E-state index in [0.29, 0.717) is 5.62 Å². The molecule has 0 atom stereocenters. The van der Waals surface area contributed by atoms with E-state index < -0.39 is 0 Å². The van der Waals surface area contributed by atoms with E-state index in [1.165, 1.54) is 0 Å². The molecule has 3 heterocycles. The number of anilines is 1. The van der Waals surface area contributed by atoms with E-state index in [4.69, 9.17) is 0 Å². The van der Waals surface area contributed by atoms with Crippen LogP contribution in [0.4, 0.5) is 5.82 Å². The largest absolute Gasteiger partial charge is 0.369 e. The van der Waals surface area contributed by atoms with Gasteiger partial charge in [0.05, 0.1) is 4.47 Å². The average molecular weight is 280 g/mol. The monoisotopic (exact) mass is 279 g/mol. The first-order valence-electron chi connectivity index (χ1n) is 5.02. The second-order valence-corrected chi connectivity index (χ2v) is 4.45. The molecule has 5 nitrogen and oxygen atoms in total. The lowest BCUT2D eigenvalue weighted by atomic mass is 10.2. The number of aromatic nitrogens is 3. The maximum absolute atomic E-state index is 4.43. The van der Waals surface area contributed by atoms with Gasteiger partial charge in [-0.1, -0.05) is 0 Å². The lowest BCUT2D eigenvalue weighted by molar-refractivity contribution is 0.777. The normalized spacial score (nSPS) is 15.2. The van der Waals surface area contributed by atoms with Crippen LogP contribution < -0.4 is 10.9 Å². The van der Waals surface area contributed by atoms with Crippen molar-refractivity contribution in [1.29, 1.82) is 0 Å². The van der Waals surface area contributed by atoms with E-state index >= 15 is 0 Å². The van der Waals surface area contributed by atoms with Gasteiger partial charge in [-0.3, -0.25) is 4.99 Å². The molecule has 0 spiro atoms. The molecule has 0 aromatic rings. The van der Waals surface area contributed by atoms with Gasteiger partial charge in [0.25, 0.3) is 0 Å². The van der Waals surface area contributed by atoms with Crippen LogP contribution >= 0.6 is 15.9 Å². The highest BCUT2D eigenvalue weighted by Crippen LogP contribution is 2.32. The molecule has 0 amide bonds. The molecule has 82 valence electrons. The smallest absolute Gasteiger partial charge is 0.246 e. The lowest BCUT2D eigenvalue weighted by Gasteiger charge is -2.13. The van der Waals surface area contributed by atoms with Crippen molar-refractivity contribution in [2.24, 2.45) is 4.99 Å². The van der Waals surface area contributed by atoms with Crippen molar-refractivity contribution in [3.05, 3.63) is 22.4 Å². The highest BCUT2D eigenvalue weighted by atomic mass is 79.9. The molecule has 3 aliphatic rings. The Balaban J connectivity index is 2.40. The molecule has 0 unspecified atom stereocenters. The summed E-state index contributed by atoms with van der Waals surface area (Å²) in [6.45, 7) is 1.85. The number of fused-ring (bicyclic) bond motifs is 3. The third-order valence-electron chi connectivity index (χ3n) is 2.65. The molecule has 0 fully saturated rings.